The zero-order valence-corrected chi connectivity index (χ0v) is 35.6. The molecule has 12 nitrogen and oxygen atoms in total. The van der Waals surface area contributed by atoms with Crippen molar-refractivity contribution in [2.45, 2.75) is 211 Å². The lowest BCUT2D eigenvalue weighted by atomic mass is 9.85. The lowest BCUT2D eigenvalue weighted by molar-refractivity contribution is -0.220. The molecule has 6 atom stereocenters. The van der Waals surface area contributed by atoms with Crippen molar-refractivity contribution in [2.75, 3.05) is 19.8 Å². The third-order valence-electron chi connectivity index (χ3n) is 9.99. The molecule has 0 aliphatic heterocycles. The number of aliphatic hydroxyl groups excluding tert-OH is 5. The van der Waals surface area contributed by atoms with Gasteiger partial charge in [-0.1, -0.05) is 127 Å². The molecule has 1 fully saturated rings. The van der Waals surface area contributed by atoms with Gasteiger partial charge in [-0.25, -0.2) is 4.57 Å². The van der Waals surface area contributed by atoms with Crippen LogP contribution in [0.5, 0.6) is 0 Å². The van der Waals surface area contributed by atoms with Gasteiger partial charge >= 0.3 is 13.8 Å². The smallest absolute Gasteiger partial charge is 0.457 e. The number of phosphoric ester groups is 1. The Bertz CT molecular complexity index is 1070. The van der Waals surface area contributed by atoms with Gasteiger partial charge in [0, 0.05) is 13.0 Å². The first kappa shape index (κ1) is 52.6. The Balaban J connectivity index is 2.44. The average Bonchev–Trinajstić information content (AvgIpc) is 3.18. The second-order valence-electron chi connectivity index (χ2n) is 15.2. The first-order chi connectivity index (χ1) is 27.0. The maximum Gasteiger partial charge on any atom is 0.472 e. The van der Waals surface area contributed by atoms with E-state index in [2.05, 4.69) is 50.3 Å². The Morgan fingerprint density at radius 3 is 1.55 bits per heavy atom. The van der Waals surface area contributed by atoms with E-state index in [0.717, 1.165) is 83.5 Å². The summed E-state index contributed by atoms with van der Waals surface area (Å²) in [5.41, 5.74) is 0. The predicted molar refractivity (Wildman–Crippen MR) is 221 cm³/mol. The number of phosphoric acid groups is 1. The van der Waals surface area contributed by atoms with Crippen LogP contribution < -0.4 is 0 Å². The van der Waals surface area contributed by atoms with Crippen LogP contribution in [-0.2, 0) is 27.9 Å². The number of carbonyl (C=O) groups is 1. The molecule has 1 aliphatic rings. The summed E-state index contributed by atoms with van der Waals surface area (Å²) in [6.45, 7) is 4.17. The van der Waals surface area contributed by atoms with Crippen LogP contribution in [0.25, 0.3) is 0 Å². The summed E-state index contributed by atoms with van der Waals surface area (Å²) >= 11 is 0. The SMILES string of the molecule is CCCCC/C=C\C/C=C\CCCCCCCCOCC(COP(=O)(O)OC1C(O)C(O)C(O)C(O)C1O)OC(=O)CCCCCCC/C=C\CCCCCC. The summed E-state index contributed by atoms with van der Waals surface area (Å²) in [5, 5.41) is 50.1. The number of hydrogen-bond donors (Lipinski definition) is 6. The second kappa shape index (κ2) is 34.4. The molecule has 0 spiro atoms. The van der Waals surface area contributed by atoms with E-state index in [0.29, 0.717) is 13.0 Å². The molecule has 1 rings (SSSR count). The van der Waals surface area contributed by atoms with E-state index < -0.39 is 63.1 Å². The fourth-order valence-electron chi connectivity index (χ4n) is 6.44. The van der Waals surface area contributed by atoms with Crippen LogP contribution in [0, 0.1) is 0 Å². The minimum absolute atomic E-state index is 0.0869. The first-order valence-electron chi connectivity index (χ1n) is 21.8. The molecule has 6 unspecified atom stereocenters. The number of carbonyl (C=O) groups excluding carboxylic acids is 1. The van der Waals surface area contributed by atoms with Crippen LogP contribution in [0.3, 0.4) is 0 Å². The lowest BCUT2D eigenvalue weighted by Crippen LogP contribution is -2.64. The number of allylic oxidation sites excluding steroid dienone is 6. The Hall–Kier alpha value is -1.44. The number of aliphatic hydroxyl groups is 5. The van der Waals surface area contributed by atoms with Crippen LogP contribution in [0.4, 0.5) is 0 Å². The lowest BCUT2D eigenvalue weighted by Gasteiger charge is -2.41. The van der Waals surface area contributed by atoms with E-state index in [-0.39, 0.29) is 13.0 Å². The Labute approximate surface area is 338 Å². The van der Waals surface area contributed by atoms with Crippen molar-refractivity contribution < 1.29 is 58.3 Å². The minimum atomic E-state index is -5.02. The predicted octanol–water partition coefficient (Wildman–Crippen LogP) is 8.31. The van der Waals surface area contributed by atoms with E-state index in [4.69, 9.17) is 18.5 Å². The molecule has 0 aromatic heterocycles. The van der Waals surface area contributed by atoms with Gasteiger partial charge in [-0.3, -0.25) is 13.8 Å². The Morgan fingerprint density at radius 2 is 1.00 bits per heavy atom. The maximum absolute atomic E-state index is 12.8. The molecular formula is C43H79O12P. The molecular weight excluding hydrogens is 739 g/mol. The van der Waals surface area contributed by atoms with Crippen molar-refractivity contribution in [1.29, 1.82) is 0 Å². The highest BCUT2D eigenvalue weighted by molar-refractivity contribution is 7.47. The van der Waals surface area contributed by atoms with Gasteiger partial charge < -0.3 is 39.9 Å². The molecule has 0 bridgehead atoms. The maximum atomic E-state index is 12.8. The normalized spacial score (nSPS) is 23.4. The molecule has 0 heterocycles. The van der Waals surface area contributed by atoms with E-state index in [1.807, 2.05) is 0 Å². The monoisotopic (exact) mass is 819 g/mol. The van der Waals surface area contributed by atoms with Gasteiger partial charge in [-0.15, -0.1) is 0 Å². The van der Waals surface area contributed by atoms with Crippen LogP contribution in [0.2, 0.25) is 0 Å². The van der Waals surface area contributed by atoms with Crippen LogP contribution in [0.15, 0.2) is 36.5 Å². The molecule has 56 heavy (non-hydrogen) atoms. The van der Waals surface area contributed by atoms with Crippen LogP contribution >= 0.6 is 7.82 Å². The Kier molecular flexibility index (Phi) is 32.3. The molecule has 328 valence electrons. The fourth-order valence-corrected chi connectivity index (χ4v) is 7.41. The Morgan fingerprint density at radius 1 is 0.571 bits per heavy atom. The molecule has 1 saturated carbocycles. The number of unbranched alkanes of at least 4 members (excludes halogenated alkanes) is 18. The van der Waals surface area contributed by atoms with E-state index in [9.17, 15) is 39.8 Å². The highest BCUT2D eigenvalue weighted by atomic mass is 31.2. The van der Waals surface area contributed by atoms with Gasteiger partial charge in [-0.2, -0.15) is 0 Å². The summed E-state index contributed by atoms with van der Waals surface area (Å²) in [6.07, 6.45) is 26.4. The van der Waals surface area contributed by atoms with Crippen molar-refractivity contribution in [2.24, 2.45) is 0 Å². The number of esters is 1. The standard InChI is InChI=1S/C43H79O12P/c1-3-5-7-9-11-13-15-17-18-19-21-23-25-27-29-31-33-52-34-36(35-53-56(50,51)55-43-41(48)39(46)38(45)40(47)42(43)49)54-37(44)32-30-28-26-24-22-20-16-14-12-10-8-6-4-2/h11,13-14,16-18,36,38-43,45-49H,3-10,12,15,19-35H2,1-2H3,(H,50,51)/b13-11-,16-14-,18-17-. The number of ether oxygens (including phenoxy) is 2. The highest BCUT2D eigenvalue weighted by Gasteiger charge is 2.51. The molecule has 6 N–H and O–H groups in total. The minimum Gasteiger partial charge on any atom is -0.457 e. The molecule has 0 saturated heterocycles. The van der Waals surface area contributed by atoms with E-state index in [1.54, 1.807) is 0 Å². The van der Waals surface area contributed by atoms with Gasteiger partial charge in [0.2, 0.25) is 0 Å². The van der Waals surface area contributed by atoms with Crippen LogP contribution in [-0.4, -0.2) is 98.9 Å². The molecule has 0 amide bonds. The van der Waals surface area contributed by atoms with Crippen molar-refractivity contribution in [1.82, 2.24) is 0 Å². The average molecular weight is 819 g/mol. The topological polar surface area (TPSA) is 192 Å². The first-order valence-corrected chi connectivity index (χ1v) is 23.3. The second-order valence-corrected chi connectivity index (χ2v) is 16.6. The van der Waals surface area contributed by atoms with Gasteiger partial charge in [-0.05, 0) is 70.6 Å². The molecule has 0 aromatic carbocycles. The van der Waals surface area contributed by atoms with E-state index in [1.165, 1.54) is 57.8 Å². The molecule has 0 aromatic rings. The molecule has 13 heteroatoms. The fraction of sp³-hybridized carbons (Fsp3) is 0.837. The third kappa shape index (κ3) is 26.5. The summed E-state index contributed by atoms with van der Waals surface area (Å²) in [5.74, 6) is -0.492. The highest BCUT2D eigenvalue weighted by Crippen LogP contribution is 2.47. The number of hydrogen-bond acceptors (Lipinski definition) is 11. The summed E-state index contributed by atoms with van der Waals surface area (Å²) in [7, 11) is -5.02. The van der Waals surface area contributed by atoms with Crippen LogP contribution in [0.1, 0.15) is 168 Å². The zero-order chi connectivity index (χ0) is 41.3. The zero-order valence-electron chi connectivity index (χ0n) is 34.7. The summed E-state index contributed by atoms with van der Waals surface area (Å²) < 4.78 is 34.1. The largest absolute Gasteiger partial charge is 0.472 e. The molecule has 1 aliphatic carbocycles. The van der Waals surface area contributed by atoms with Gasteiger partial charge in [0.05, 0.1) is 13.2 Å². The molecule has 0 radical (unpaired) electrons. The van der Waals surface area contributed by atoms with Gasteiger partial charge in [0.25, 0.3) is 0 Å². The summed E-state index contributed by atoms with van der Waals surface area (Å²) in [4.78, 5) is 23.1. The summed E-state index contributed by atoms with van der Waals surface area (Å²) in [6, 6.07) is 0. The van der Waals surface area contributed by atoms with Crippen molar-refractivity contribution in [3.05, 3.63) is 36.5 Å². The quantitative estimate of drug-likeness (QED) is 0.0154. The van der Waals surface area contributed by atoms with Crippen molar-refractivity contribution in [3.8, 4) is 0 Å². The van der Waals surface area contributed by atoms with Crippen molar-refractivity contribution >= 4 is 13.8 Å². The van der Waals surface area contributed by atoms with Gasteiger partial charge in [0.1, 0.15) is 42.7 Å². The third-order valence-corrected chi connectivity index (χ3v) is 11.0. The van der Waals surface area contributed by atoms with Gasteiger partial charge in [0.15, 0.2) is 0 Å². The van der Waals surface area contributed by atoms with Crippen molar-refractivity contribution in [3.63, 3.8) is 0 Å². The van der Waals surface area contributed by atoms with E-state index >= 15 is 0 Å². The number of rotatable bonds is 36.